The number of hydrazone groups is 1. The third-order valence-corrected chi connectivity index (χ3v) is 3.49. The second-order valence-electron chi connectivity index (χ2n) is 5.21. The average molecular weight is 266 g/mol. The molecule has 3 rings (SSSR count). The summed E-state index contributed by atoms with van der Waals surface area (Å²) in [6.07, 6.45) is 2.97. The number of anilines is 1. The molecule has 0 saturated heterocycles. The summed E-state index contributed by atoms with van der Waals surface area (Å²) in [5.41, 5.74) is 8.87. The van der Waals surface area contributed by atoms with E-state index in [-0.39, 0.29) is 0 Å². The van der Waals surface area contributed by atoms with Gasteiger partial charge in [-0.2, -0.15) is 5.10 Å². The molecule has 1 aliphatic rings. The van der Waals surface area contributed by atoms with E-state index in [2.05, 4.69) is 44.8 Å². The Morgan fingerprint density at radius 1 is 1.00 bits per heavy atom. The first kappa shape index (κ1) is 12.8. The predicted molar refractivity (Wildman–Crippen MR) is 81.0 cm³/mol. The van der Waals surface area contributed by atoms with Crippen LogP contribution in [0.4, 0.5) is 5.95 Å². The van der Waals surface area contributed by atoms with Crippen LogP contribution in [0.1, 0.15) is 28.9 Å². The molecule has 0 spiro atoms. The summed E-state index contributed by atoms with van der Waals surface area (Å²) in [6.45, 7) is 3.92. The standard InChI is InChI=1S/C16H18N4/c1-11-9-12(2)18-16(17-11)20-19-15-8-7-13-5-3-4-6-14(13)10-15/h3-6,9H,7-8,10H2,1-2H3,(H,17,18,20)/b19-15+. The van der Waals surface area contributed by atoms with Crippen molar-refractivity contribution in [2.75, 3.05) is 5.43 Å². The molecule has 0 saturated carbocycles. The molecule has 1 aliphatic carbocycles. The summed E-state index contributed by atoms with van der Waals surface area (Å²) in [5, 5.41) is 4.48. The first-order valence-corrected chi connectivity index (χ1v) is 6.91. The Kier molecular flexibility index (Phi) is 3.46. The number of aryl methyl sites for hydroxylation is 3. The van der Waals surface area contributed by atoms with Crippen molar-refractivity contribution in [3.05, 3.63) is 52.8 Å². The van der Waals surface area contributed by atoms with Crippen molar-refractivity contribution in [3.63, 3.8) is 0 Å². The number of nitrogens with zero attached hydrogens (tertiary/aromatic N) is 3. The Bertz CT molecular complexity index is 641. The van der Waals surface area contributed by atoms with E-state index in [1.54, 1.807) is 0 Å². The summed E-state index contributed by atoms with van der Waals surface area (Å²) < 4.78 is 0. The second-order valence-corrected chi connectivity index (χ2v) is 5.21. The van der Waals surface area contributed by atoms with Crippen molar-refractivity contribution in [2.45, 2.75) is 33.1 Å². The van der Waals surface area contributed by atoms with Gasteiger partial charge in [-0.05, 0) is 43.9 Å². The zero-order valence-corrected chi connectivity index (χ0v) is 11.8. The normalized spacial score (nSPS) is 16.0. The fourth-order valence-corrected chi connectivity index (χ4v) is 2.56. The van der Waals surface area contributed by atoms with Gasteiger partial charge in [0.2, 0.25) is 5.95 Å². The molecule has 102 valence electrons. The van der Waals surface area contributed by atoms with Gasteiger partial charge in [-0.3, -0.25) is 0 Å². The summed E-state index contributed by atoms with van der Waals surface area (Å²) >= 11 is 0. The minimum absolute atomic E-state index is 0.578. The van der Waals surface area contributed by atoms with Gasteiger partial charge in [0.25, 0.3) is 0 Å². The van der Waals surface area contributed by atoms with Crippen LogP contribution >= 0.6 is 0 Å². The maximum Gasteiger partial charge on any atom is 0.243 e. The molecule has 4 heteroatoms. The molecule has 0 fully saturated rings. The highest BCUT2D eigenvalue weighted by Gasteiger charge is 2.13. The molecule has 0 unspecified atom stereocenters. The zero-order chi connectivity index (χ0) is 13.9. The van der Waals surface area contributed by atoms with Gasteiger partial charge in [0, 0.05) is 23.5 Å². The Balaban J connectivity index is 1.74. The van der Waals surface area contributed by atoms with E-state index in [4.69, 9.17) is 0 Å². The molecule has 0 radical (unpaired) electrons. The van der Waals surface area contributed by atoms with Crippen molar-refractivity contribution in [3.8, 4) is 0 Å². The van der Waals surface area contributed by atoms with E-state index < -0.39 is 0 Å². The van der Waals surface area contributed by atoms with Crippen LogP contribution in [0.3, 0.4) is 0 Å². The van der Waals surface area contributed by atoms with Crippen LogP contribution in [0.5, 0.6) is 0 Å². The van der Waals surface area contributed by atoms with Crippen LogP contribution in [-0.2, 0) is 12.8 Å². The third-order valence-electron chi connectivity index (χ3n) is 3.49. The van der Waals surface area contributed by atoms with Crippen molar-refractivity contribution in [2.24, 2.45) is 5.10 Å². The minimum atomic E-state index is 0.578. The summed E-state index contributed by atoms with van der Waals surface area (Å²) in [7, 11) is 0. The number of fused-ring (bicyclic) bond motifs is 1. The van der Waals surface area contributed by atoms with Crippen LogP contribution in [0, 0.1) is 13.8 Å². The number of hydrogen-bond donors (Lipinski definition) is 1. The molecular formula is C16H18N4. The van der Waals surface area contributed by atoms with Crippen LogP contribution < -0.4 is 5.43 Å². The third kappa shape index (κ3) is 2.85. The molecule has 0 bridgehead atoms. The fraction of sp³-hybridized carbons (Fsp3) is 0.312. The SMILES string of the molecule is Cc1cc(C)nc(N/N=C2\CCc3ccccc3C2)n1. The molecule has 1 heterocycles. The number of benzene rings is 1. The number of hydrogen-bond acceptors (Lipinski definition) is 4. The molecule has 0 atom stereocenters. The number of aromatic nitrogens is 2. The highest BCUT2D eigenvalue weighted by molar-refractivity contribution is 5.89. The van der Waals surface area contributed by atoms with Gasteiger partial charge >= 0.3 is 0 Å². The number of nitrogens with one attached hydrogen (secondary N) is 1. The maximum atomic E-state index is 4.48. The van der Waals surface area contributed by atoms with Crippen molar-refractivity contribution < 1.29 is 0 Å². The molecular weight excluding hydrogens is 248 g/mol. The highest BCUT2D eigenvalue weighted by atomic mass is 15.4. The second kappa shape index (κ2) is 5.41. The number of rotatable bonds is 2. The summed E-state index contributed by atoms with van der Waals surface area (Å²) in [5.74, 6) is 0.578. The summed E-state index contributed by atoms with van der Waals surface area (Å²) in [4.78, 5) is 8.67. The highest BCUT2D eigenvalue weighted by Crippen LogP contribution is 2.19. The monoisotopic (exact) mass is 266 g/mol. The molecule has 1 aromatic carbocycles. The van der Waals surface area contributed by atoms with Gasteiger partial charge in [0.05, 0.1) is 0 Å². The molecule has 1 aromatic heterocycles. The Morgan fingerprint density at radius 2 is 1.70 bits per heavy atom. The van der Waals surface area contributed by atoms with E-state index in [0.29, 0.717) is 5.95 Å². The van der Waals surface area contributed by atoms with Gasteiger partial charge < -0.3 is 0 Å². The van der Waals surface area contributed by atoms with Crippen molar-refractivity contribution in [1.82, 2.24) is 9.97 Å². The van der Waals surface area contributed by atoms with Gasteiger partial charge in [-0.25, -0.2) is 15.4 Å². The van der Waals surface area contributed by atoms with Crippen LogP contribution in [0.25, 0.3) is 0 Å². The average Bonchev–Trinajstić information content (AvgIpc) is 2.44. The lowest BCUT2D eigenvalue weighted by molar-refractivity contribution is 0.935. The smallest absolute Gasteiger partial charge is 0.243 e. The van der Waals surface area contributed by atoms with E-state index in [0.717, 1.165) is 36.4 Å². The first-order chi connectivity index (χ1) is 9.70. The van der Waals surface area contributed by atoms with Crippen LogP contribution in [-0.4, -0.2) is 15.7 Å². The van der Waals surface area contributed by atoms with E-state index in [1.807, 2.05) is 19.9 Å². The molecule has 0 aliphatic heterocycles. The minimum Gasteiger partial charge on any atom is -0.245 e. The Hall–Kier alpha value is -2.23. The van der Waals surface area contributed by atoms with Gasteiger partial charge in [-0.15, -0.1) is 0 Å². The Morgan fingerprint density at radius 3 is 2.45 bits per heavy atom. The van der Waals surface area contributed by atoms with E-state index in [1.165, 1.54) is 11.1 Å². The predicted octanol–water partition coefficient (Wildman–Crippen LogP) is 3.05. The lowest BCUT2D eigenvalue weighted by Crippen LogP contribution is -2.15. The quantitative estimate of drug-likeness (QED) is 0.850. The van der Waals surface area contributed by atoms with Crippen molar-refractivity contribution in [1.29, 1.82) is 0 Å². The molecule has 0 amide bonds. The molecule has 4 nitrogen and oxygen atoms in total. The van der Waals surface area contributed by atoms with Gasteiger partial charge in [0.1, 0.15) is 0 Å². The molecule has 20 heavy (non-hydrogen) atoms. The zero-order valence-electron chi connectivity index (χ0n) is 11.8. The first-order valence-electron chi connectivity index (χ1n) is 6.91. The topological polar surface area (TPSA) is 50.2 Å². The summed E-state index contributed by atoms with van der Waals surface area (Å²) in [6, 6.07) is 10.5. The largest absolute Gasteiger partial charge is 0.245 e. The lowest BCUT2D eigenvalue weighted by Gasteiger charge is -2.17. The maximum absolute atomic E-state index is 4.48. The van der Waals surface area contributed by atoms with Gasteiger partial charge in [-0.1, -0.05) is 24.3 Å². The fourth-order valence-electron chi connectivity index (χ4n) is 2.56. The molecule has 2 aromatic rings. The molecule has 1 N–H and O–H groups in total. The van der Waals surface area contributed by atoms with Crippen LogP contribution in [0.2, 0.25) is 0 Å². The van der Waals surface area contributed by atoms with Gasteiger partial charge in [0.15, 0.2) is 0 Å². The van der Waals surface area contributed by atoms with E-state index >= 15 is 0 Å². The van der Waals surface area contributed by atoms with Crippen LogP contribution in [0.15, 0.2) is 35.4 Å². The van der Waals surface area contributed by atoms with E-state index in [9.17, 15) is 0 Å². The lowest BCUT2D eigenvalue weighted by atomic mass is 9.90. The van der Waals surface area contributed by atoms with Crippen molar-refractivity contribution >= 4 is 11.7 Å². The Labute approximate surface area is 119 Å².